The van der Waals surface area contributed by atoms with Crippen molar-refractivity contribution < 1.29 is 9.66 Å². The molecule has 0 saturated carbocycles. The van der Waals surface area contributed by atoms with Gasteiger partial charge >= 0.3 is 0 Å². The zero-order valence-electron chi connectivity index (χ0n) is 21.7. The van der Waals surface area contributed by atoms with E-state index in [1.165, 1.54) is 11.6 Å². The van der Waals surface area contributed by atoms with Crippen molar-refractivity contribution in [1.29, 1.82) is 0 Å². The maximum absolute atomic E-state index is 11.6. The van der Waals surface area contributed by atoms with Gasteiger partial charge in [0.1, 0.15) is 5.75 Å². The second-order valence-corrected chi connectivity index (χ2v) is 9.68. The molecule has 1 aliphatic rings. The first kappa shape index (κ1) is 25.4. The van der Waals surface area contributed by atoms with Crippen LogP contribution in [0.2, 0.25) is 0 Å². The van der Waals surface area contributed by atoms with E-state index in [0.29, 0.717) is 16.5 Å². The summed E-state index contributed by atoms with van der Waals surface area (Å²) in [6, 6.07) is 20.7. The summed E-state index contributed by atoms with van der Waals surface area (Å²) >= 11 is 5.88. The minimum atomic E-state index is -0.393. The number of rotatable bonds is 7. The third-order valence-corrected chi connectivity index (χ3v) is 7.44. The number of hydrogen-bond donors (Lipinski definition) is 1. The maximum Gasteiger partial charge on any atom is 0.271 e. The fourth-order valence-electron chi connectivity index (χ4n) is 5.27. The van der Waals surface area contributed by atoms with Gasteiger partial charge in [0.15, 0.2) is 5.11 Å². The molecule has 194 valence electrons. The molecule has 5 rings (SSSR count). The molecule has 2 aromatic carbocycles. The lowest BCUT2D eigenvalue weighted by molar-refractivity contribution is -0.384. The summed E-state index contributed by atoms with van der Waals surface area (Å²) in [5, 5.41) is 15.7. The summed E-state index contributed by atoms with van der Waals surface area (Å²) in [6.07, 6.45) is 2.74. The third kappa shape index (κ3) is 4.39. The van der Waals surface area contributed by atoms with Gasteiger partial charge in [-0.1, -0.05) is 25.1 Å². The summed E-state index contributed by atoms with van der Waals surface area (Å²) in [5.74, 6) is 0.553. The summed E-state index contributed by atoms with van der Waals surface area (Å²) in [6.45, 7) is 6.15. The van der Waals surface area contributed by atoms with E-state index < -0.39 is 4.92 Å². The van der Waals surface area contributed by atoms with E-state index in [2.05, 4.69) is 52.5 Å². The number of anilines is 1. The second-order valence-electron chi connectivity index (χ2n) is 9.29. The first-order valence-corrected chi connectivity index (χ1v) is 12.9. The Balaban J connectivity index is 1.69. The molecular formula is C29H29N5O3S. The lowest BCUT2D eigenvalue weighted by Crippen LogP contribution is -2.29. The Kier molecular flexibility index (Phi) is 6.86. The monoisotopic (exact) mass is 527 g/mol. The standard InChI is InChI=1S/C29H29N5O3S/c1-5-20-9-11-21(12-10-20)33-28(27(31-29(33)38)24-8-6-7-15-30-24)23-16-18(2)32(19(23)3)25-17-22(34(35)36)13-14-26(25)37-4/h6-17,27-28H,5H2,1-4H3,(H,31,38)/t27-,28+/m0/s1. The molecular weight excluding hydrogens is 498 g/mol. The van der Waals surface area contributed by atoms with Crippen molar-refractivity contribution in [2.45, 2.75) is 39.3 Å². The second kappa shape index (κ2) is 10.3. The highest BCUT2D eigenvalue weighted by molar-refractivity contribution is 7.80. The van der Waals surface area contributed by atoms with E-state index in [9.17, 15) is 10.1 Å². The van der Waals surface area contributed by atoms with Crippen LogP contribution in [-0.4, -0.2) is 26.7 Å². The number of benzene rings is 2. The van der Waals surface area contributed by atoms with E-state index >= 15 is 0 Å². The van der Waals surface area contributed by atoms with E-state index in [-0.39, 0.29) is 17.8 Å². The predicted molar refractivity (Wildman–Crippen MR) is 152 cm³/mol. The molecule has 1 fully saturated rings. The molecule has 38 heavy (non-hydrogen) atoms. The van der Waals surface area contributed by atoms with Crippen molar-refractivity contribution in [2.75, 3.05) is 12.0 Å². The summed E-state index contributed by atoms with van der Waals surface area (Å²) < 4.78 is 7.61. The lowest BCUT2D eigenvalue weighted by Gasteiger charge is -2.28. The van der Waals surface area contributed by atoms with E-state index in [0.717, 1.165) is 34.8 Å². The first-order valence-electron chi connectivity index (χ1n) is 12.4. The number of aromatic nitrogens is 2. The van der Waals surface area contributed by atoms with E-state index in [4.69, 9.17) is 17.0 Å². The molecule has 0 spiro atoms. The lowest BCUT2D eigenvalue weighted by atomic mass is 9.96. The van der Waals surface area contributed by atoms with Crippen LogP contribution in [0.4, 0.5) is 11.4 Å². The van der Waals surface area contributed by atoms with Crippen molar-refractivity contribution >= 4 is 28.7 Å². The third-order valence-electron chi connectivity index (χ3n) is 7.12. The summed E-state index contributed by atoms with van der Waals surface area (Å²) in [5.41, 5.74) is 6.64. The van der Waals surface area contributed by atoms with Crippen molar-refractivity contribution in [1.82, 2.24) is 14.9 Å². The topological polar surface area (TPSA) is 85.5 Å². The van der Waals surface area contributed by atoms with Crippen molar-refractivity contribution in [3.8, 4) is 11.4 Å². The Hall–Kier alpha value is -4.24. The molecule has 8 nitrogen and oxygen atoms in total. The molecule has 4 aromatic rings. The number of nitrogens with one attached hydrogen (secondary N) is 1. The normalized spacial score (nSPS) is 16.9. The molecule has 2 aromatic heterocycles. The predicted octanol–water partition coefficient (Wildman–Crippen LogP) is 6.15. The summed E-state index contributed by atoms with van der Waals surface area (Å²) in [7, 11) is 1.57. The fourth-order valence-corrected chi connectivity index (χ4v) is 5.61. The highest BCUT2D eigenvalue weighted by atomic mass is 32.1. The van der Waals surface area contributed by atoms with Crippen molar-refractivity contribution in [3.63, 3.8) is 0 Å². The molecule has 0 amide bonds. The Morgan fingerprint density at radius 3 is 2.50 bits per heavy atom. The van der Waals surface area contributed by atoms with E-state index in [1.54, 1.807) is 25.4 Å². The number of methoxy groups -OCH3 is 1. The van der Waals surface area contributed by atoms with Crippen LogP contribution in [0, 0.1) is 24.0 Å². The van der Waals surface area contributed by atoms with Gasteiger partial charge in [0.2, 0.25) is 0 Å². The van der Waals surface area contributed by atoms with Crippen LogP contribution >= 0.6 is 12.2 Å². The zero-order chi connectivity index (χ0) is 27.0. The number of nitrogens with zero attached hydrogens (tertiary/aromatic N) is 4. The minimum absolute atomic E-state index is 0.00237. The molecule has 9 heteroatoms. The first-order chi connectivity index (χ1) is 18.3. The van der Waals surface area contributed by atoms with Crippen LogP contribution < -0.4 is 15.0 Å². The highest BCUT2D eigenvalue weighted by Gasteiger charge is 2.42. The van der Waals surface area contributed by atoms with Gasteiger partial charge in [0.25, 0.3) is 5.69 Å². The van der Waals surface area contributed by atoms with Crippen LogP contribution in [0.25, 0.3) is 5.69 Å². The van der Waals surface area contributed by atoms with Gasteiger partial charge in [-0.25, -0.2) is 0 Å². The SMILES string of the molecule is CCc1ccc(N2C(=S)N[C@@H](c3ccccn3)[C@H]2c2cc(C)n(-c3cc([N+](=O)[O-])ccc3OC)c2C)cc1. The largest absolute Gasteiger partial charge is 0.495 e. The molecule has 0 bridgehead atoms. The Labute approximate surface area is 227 Å². The Morgan fingerprint density at radius 2 is 1.87 bits per heavy atom. The molecule has 1 aliphatic heterocycles. The van der Waals surface area contributed by atoms with Crippen LogP contribution in [0.5, 0.6) is 5.75 Å². The average Bonchev–Trinajstić information content (AvgIpc) is 3.43. The van der Waals surface area contributed by atoms with Crippen LogP contribution in [0.3, 0.4) is 0 Å². The number of hydrogen-bond acceptors (Lipinski definition) is 5. The van der Waals surface area contributed by atoms with Gasteiger partial charge in [-0.05, 0) is 80.0 Å². The van der Waals surface area contributed by atoms with Crippen LogP contribution in [-0.2, 0) is 6.42 Å². The highest BCUT2D eigenvalue weighted by Crippen LogP contribution is 2.44. The van der Waals surface area contributed by atoms with Crippen LogP contribution in [0.15, 0.2) is 72.9 Å². The van der Waals surface area contributed by atoms with Crippen molar-refractivity contribution in [3.05, 3.63) is 111 Å². The summed E-state index contributed by atoms with van der Waals surface area (Å²) in [4.78, 5) is 18.0. The smallest absolute Gasteiger partial charge is 0.271 e. The molecule has 1 saturated heterocycles. The van der Waals surface area contributed by atoms with Gasteiger partial charge in [-0.3, -0.25) is 15.1 Å². The quantitative estimate of drug-likeness (QED) is 0.175. The maximum atomic E-state index is 11.6. The molecule has 0 aliphatic carbocycles. The molecule has 3 heterocycles. The molecule has 1 N–H and O–H groups in total. The fraction of sp³-hybridized carbons (Fsp3) is 0.241. The average molecular weight is 528 g/mol. The van der Waals surface area contributed by atoms with Gasteiger partial charge in [-0.2, -0.15) is 0 Å². The molecule has 0 radical (unpaired) electrons. The van der Waals surface area contributed by atoms with Gasteiger partial charge in [-0.15, -0.1) is 0 Å². The number of pyridine rings is 1. The number of non-ortho nitro benzene ring substituents is 1. The zero-order valence-corrected chi connectivity index (χ0v) is 22.5. The van der Waals surface area contributed by atoms with Crippen LogP contribution in [0.1, 0.15) is 47.2 Å². The Morgan fingerprint density at radius 1 is 1.11 bits per heavy atom. The minimum Gasteiger partial charge on any atom is -0.495 e. The van der Waals surface area contributed by atoms with Crippen molar-refractivity contribution in [2.24, 2.45) is 0 Å². The number of thiocarbonyl (C=S) groups is 1. The molecule has 0 unspecified atom stereocenters. The number of ether oxygens (including phenoxy) is 1. The number of nitro groups is 1. The number of nitro benzene ring substituents is 1. The van der Waals surface area contributed by atoms with E-state index in [1.807, 2.05) is 36.6 Å². The Bertz CT molecular complexity index is 1500. The number of aryl methyl sites for hydroxylation is 2. The molecule has 2 atom stereocenters. The van der Waals surface area contributed by atoms with Gasteiger partial charge in [0, 0.05) is 35.4 Å². The van der Waals surface area contributed by atoms with Gasteiger partial charge in [0.05, 0.1) is 35.5 Å². The van der Waals surface area contributed by atoms with Gasteiger partial charge < -0.3 is 19.5 Å².